The summed E-state index contributed by atoms with van der Waals surface area (Å²) in [5.74, 6) is 0.771. The van der Waals surface area contributed by atoms with E-state index >= 15 is 0 Å². The molecule has 0 fully saturated rings. The lowest BCUT2D eigenvalue weighted by molar-refractivity contribution is 0.485. The largest absolute Gasteiger partial charge is 0.328 e. The van der Waals surface area contributed by atoms with E-state index in [4.69, 9.17) is 11.0 Å². The lowest BCUT2D eigenvalue weighted by Crippen LogP contribution is -2.19. The maximum Gasteiger partial charge on any atom is 0.0622 e. The normalized spacial score (nSPS) is 12.9. The third-order valence-corrected chi connectivity index (χ3v) is 1.98. The molecule has 0 aromatic heterocycles. The van der Waals surface area contributed by atoms with E-state index in [2.05, 4.69) is 19.9 Å². The summed E-state index contributed by atoms with van der Waals surface area (Å²) in [6.45, 7) is 4.45. The fourth-order valence-electron chi connectivity index (χ4n) is 1.18. The highest BCUT2D eigenvalue weighted by atomic mass is 14.6. The van der Waals surface area contributed by atoms with Crippen LogP contribution >= 0.6 is 0 Å². The first-order chi connectivity index (χ1) is 5.66. The Morgan fingerprint density at radius 2 is 1.92 bits per heavy atom. The highest BCUT2D eigenvalue weighted by Gasteiger charge is 2.02. The van der Waals surface area contributed by atoms with Crippen LogP contribution in [0.25, 0.3) is 0 Å². The van der Waals surface area contributed by atoms with Crippen LogP contribution in [0.2, 0.25) is 0 Å². The van der Waals surface area contributed by atoms with Crippen molar-refractivity contribution < 1.29 is 0 Å². The number of hydrogen-bond acceptors (Lipinski definition) is 2. The molecule has 2 N–H and O–H groups in total. The van der Waals surface area contributed by atoms with Gasteiger partial charge in [0.15, 0.2) is 0 Å². The lowest BCUT2D eigenvalue weighted by atomic mass is 10.0. The molecule has 0 bridgehead atoms. The molecule has 12 heavy (non-hydrogen) atoms. The molecule has 0 amide bonds. The van der Waals surface area contributed by atoms with Crippen molar-refractivity contribution in [3.63, 3.8) is 0 Å². The molecule has 0 aliphatic heterocycles. The third-order valence-electron chi connectivity index (χ3n) is 1.98. The van der Waals surface area contributed by atoms with Crippen LogP contribution in [-0.4, -0.2) is 6.04 Å². The van der Waals surface area contributed by atoms with E-state index in [0.29, 0.717) is 6.42 Å². The fraction of sp³-hybridized carbons (Fsp3) is 0.900. The quantitative estimate of drug-likeness (QED) is 0.662. The maximum atomic E-state index is 8.32. The summed E-state index contributed by atoms with van der Waals surface area (Å²) in [5, 5.41) is 8.32. The summed E-state index contributed by atoms with van der Waals surface area (Å²) in [6, 6.07) is 2.36. The van der Waals surface area contributed by atoms with E-state index in [-0.39, 0.29) is 6.04 Å². The molecule has 2 heteroatoms. The lowest BCUT2D eigenvalue weighted by Gasteiger charge is -2.09. The van der Waals surface area contributed by atoms with Gasteiger partial charge in [0.2, 0.25) is 0 Å². The van der Waals surface area contributed by atoms with E-state index in [9.17, 15) is 0 Å². The van der Waals surface area contributed by atoms with Crippen molar-refractivity contribution in [1.82, 2.24) is 0 Å². The molecule has 0 saturated carbocycles. The van der Waals surface area contributed by atoms with Gasteiger partial charge in [-0.2, -0.15) is 5.26 Å². The topological polar surface area (TPSA) is 49.8 Å². The maximum absolute atomic E-state index is 8.32. The van der Waals surface area contributed by atoms with Crippen LogP contribution in [0.4, 0.5) is 0 Å². The van der Waals surface area contributed by atoms with Crippen molar-refractivity contribution in [2.45, 2.75) is 52.0 Å². The molecule has 1 atom stereocenters. The second-order valence-corrected chi connectivity index (χ2v) is 3.78. The smallest absolute Gasteiger partial charge is 0.0622 e. The van der Waals surface area contributed by atoms with Crippen LogP contribution in [0.3, 0.4) is 0 Å². The van der Waals surface area contributed by atoms with E-state index < -0.39 is 0 Å². The van der Waals surface area contributed by atoms with Crippen molar-refractivity contribution in [2.24, 2.45) is 11.7 Å². The zero-order valence-electron chi connectivity index (χ0n) is 8.21. The van der Waals surface area contributed by atoms with Gasteiger partial charge in [-0.3, -0.25) is 0 Å². The van der Waals surface area contributed by atoms with Gasteiger partial charge in [-0.05, 0) is 18.8 Å². The Bertz CT molecular complexity index is 135. The first kappa shape index (κ1) is 11.4. The minimum atomic E-state index is 0.239. The van der Waals surface area contributed by atoms with Crippen LogP contribution in [0.5, 0.6) is 0 Å². The summed E-state index contributed by atoms with van der Waals surface area (Å²) in [4.78, 5) is 0. The highest BCUT2D eigenvalue weighted by molar-refractivity contribution is 4.73. The van der Waals surface area contributed by atoms with Gasteiger partial charge in [0.25, 0.3) is 0 Å². The number of nitriles is 1. The van der Waals surface area contributed by atoms with Crippen molar-refractivity contribution >= 4 is 0 Å². The van der Waals surface area contributed by atoms with Crippen LogP contribution in [0, 0.1) is 17.2 Å². The standard InChI is InChI=1S/C10H20N2/c1-9(2)5-3-6-10(12)7-4-8-11/h9-10H,3-7,12H2,1-2H3. The third kappa shape index (κ3) is 7.56. The molecule has 0 spiro atoms. The summed E-state index contributed by atoms with van der Waals surface area (Å²) in [7, 11) is 0. The van der Waals surface area contributed by atoms with Crippen LogP contribution < -0.4 is 5.73 Å². The van der Waals surface area contributed by atoms with Crippen LogP contribution in [0.15, 0.2) is 0 Å². The Kier molecular flexibility index (Phi) is 6.79. The van der Waals surface area contributed by atoms with E-state index in [1.54, 1.807) is 0 Å². The average Bonchev–Trinajstić information content (AvgIpc) is 2.00. The van der Waals surface area contributed by atoms with E-state index in [0.717, 1.165) is 18.8 Å². The van der Waals surface area contributed by atoms with Crippen molar-refractivity contribution in [3.05, 3.63) is 0 Å². The molecular weight excluding hydrogens is 148 g/mol. The molecule has 0 aromatic rings. The second-order valence-electron chi connectivity index (χ2n) is 3.78. The molecule has 0 aliphatic rings. The van der Waals surface area contributed by atoms with Gasteiger partial charge in [-0.25, -0.2) is 0 Å². The Labute approximate surface area is 75.8 Å². The highest BCUT2D eigenvalue weighted by Crippen LogP contribution is 2.09. The molecule has 0 radical (unpaired) electrons. The minimum Gasteiger partial charge on any atom is -0.328 e. The van der Waals surface area contributed by atoms with Gasteiger partial charge in [-0.1, -0.05) is 26.7 Å². The molecule has 0 saturated heterocycles. The summed E-state index contributed by atoms with van der Waals surface area (Å²) in [5.41, 5.74) is 5.79. The summed E-state index contributed by atoms with van der Waals surface area (Å²) >= 11 is 0. The summed E-state index contributed by atoms with van der Waals surface area (Å²) < 4.78 is 0. The van der Waals surface area contributed by atoms with Gasteiger partial charge in [0.1, 0.15) is 0 Å². The van der Waals surface area contributed by atoms with Crippen molar-refractivity contribution in [1.29, 1.82) is 5.26 Å². The Morgan fingerprint density at radius 3 is 2.42 bits per heavy atom. The first-order valence-corrected chi connectivity index (χ1v) is 4.79. The number of rotatable bonds is 6. The van der Waals surface area contributed by atoms with Crippen LogP contribution in [-0.2, 0) is 0 Å². The van der Waals surface area contributed by atoms with E-state index in [1.807, 2.05) is 0 Å². The average molecular weight is 168 g/mol. The first-order valence-electron chi connectivity index (χ1n) is 4.79. The zero-order valence-corrected chi connectivity index (χ0v) is 8.21. The molecule has 1 unspecified atom stereocenters. The monoisotopic (exact) mass is 168 g/mol. The Morgan fingerprint density at radius 1 is 1.25 bits per heavy atom. The zero-order chi connectivity index (χ0) is 9.40. The van der Waals surface area contributed by atoms with Crippen molar-refractivity contribution in [3.8, 4) is 6.07 Å². The Balaban J connectivity index is 3.20. The van der Waals surface area contributed by atoms with Crippen LogP contribution in [0.1, 0.15) is 46.0 Å². The molecule has 2 nitrogen and oxygen atoms in total. The van der Waals surface area contributed by atoms with Gasteiger partial charge < -0.3 is 5.73 Å². The SMILES string of the molecule is CC(C)CCCC(N)CCC#N. The Hall–Kier alpha value is -0.550. The molecule has 0 aliphatic carbocycles. The summed E-state index contributed by atoms with van der Waals surface area (Å²) in [6.07, 6.45) is 4.97. The fourth-order valence-corrected chi connectivity index (χ4v) is 1.18. The molecule has 0 aromatic carbocycles. The van der Waals surface area contributed by atoms with Crippen molar-refractivity contribution in [2.75, 3.05) is 0 Å². The molecule has 0 heterocycles. The second kappa shape index (κ2) is 7.12. The molecule has 0 rings (SSSR count). The van der Waals surface area contributed by atoms with E-state index in [1.165, 1.54) is 12.8 Å². The minimum absolute atomic E-state index is 0.239. The number of nitrogens with zero attached hydrogens (tertiary/aromatic N) is 1. The van der Waals surface area contributed by atoms with Gasteiger partial charge in [-0.15, -0.1) is 0 Å². The predicted molar refractivity (Wildman–Crippen MR) is 51.5 cm³/mol. The van der Waals surface area contributed by atoms with Gasteiger partial charge in [0, 0.05) is 12.5 Å². The number of hydrogen-bond donors (Lipinski definition) is 1. The number of nitrogens with two attached hydrogens (primary N) is 1. The molecule has 70 valence electrons. The molecular formula is C10H20N2. The predicted octanol–water partition coefficient (Wildman–Crippen LogP) is 2.44. The van der Waals surface area contributed by atoms with Gasteiger partial charge in [0.05, 0.1) is 6.07 Å². The van der Waals surface area contributed by atoms with Gasteiger partial charge >= 0.3 is 0 Å².